The number of rotatable bonds is 2. The van der Waals surface area contributed by atoms with Crippen LogP contribution in [0.2, 0.25) is 5.02 Å². The van der Waals surface area contributed by atoms with Gasteiger partial charge >= 0.3 is 5.97 Å². The largest absolute Gasteiger partial charge is 0.492 e. The number of carbonyl (C=O) groups excluding carboxylic acids is 1. The molecule has 1 aromatic carbocycles. The number of amides is 1. The molecule has 2 aliphatic heterocycles. The number of halogens is 1. The van der Waals surface area contributed by atoms with Crippen molar-refractivity contribution in [2.75, 3.05) is 26.4 Å². The fraction of sp³-hybridized carbons (Fsp3) is 0.467. The average Bonchev–Trinajstić information content (AvgIpc) is 2.53. The molecule has 0 radical (unpaired) electrons. The van der Waals surface area contributed by atoms with E-state index in [-0.39, 0.29) is 25.7 Å². The molecule has 22 heavy (non-hydrogen) atoms. The summed E-state index contributed by atoms with van der Waals surface area (Å²) in [5, 5.41) is 9.82. The Morgan fingerprint density at radius 1 is 1.32 bits per heavy atom. The molecule has 0 saturated carbocycles. The molecule has 1 fully saturated rings. The van der Waals surface area contributed by atoms with Crippen LogP contribution < -0.4 is 4.74 Å². The van der Waals surface area contributed by atoms with Crippen molar-refractivity contribution in [3.63, 3.8) is 0 Å². The average molecular weight is 326 g/mol. The lowest BCUT2D eigenvalue weighted by atomic mass is 9.95. The van der Waals surface area contributed by atoms with Crippen LogP contribution in [0.5, 0.6) is 5.75 Å². The molecular weight excluding hydrogens is 310 g/mol. The molecule has 6 nitrogen and oxygen atoms in total. The third-order valence-electron chi connectivity index (χ3n) is 3.97. The Morgan fingerprint density at radius 2 is 2.14 bits per heavy atom. The fourth-order valence-electron chi connectivity index (χ4n) is 2.83. The lowest BCUT2D eigenvalue weighted by molar-refractivity contribution is -0.161. The van der Waals surface area contributed by atoms with Gasteiger partial charge in [-0.25, -0.2) is 4.79 Å². The molecule has 0 spiro atoms. The maximum atomic E-state index is 12.7. The van der Waals surface area contributed by atoms with Crippen LogP contribution in [0.4, 0.5) is 0 Å². The predicted octanol–water partition coefficient (Wildman–Crippen LogP) is 1.20. The minimum atomic E-state index is -1.05. The number of hydrogen-bond donors (Lipinski definition) is 1. The van der Waals surface area contributed by atoms with Gasteiger partial charge in [-0.05, 0) is 30.2 Å². The van der Waals surface area contributed by atoms with E-state index in [0.29, 0.717) is 18.1 Å². The van der Waals surface area contributed by atoms with Crippen LogP contribution in [0, 0.1) is 5.92 Å². The van der Waals surface area contributed by atoms with Crippen LogP contribution in [0.25, 0.3) is 0 Å². The van der Waals surface area contributed by atoms with Crippen LogP contribution in [0.3, 0.4) is 0 Å². The molecule has 7 heteroatoms. The Bertz CT molecular complexity index is 606. The number of ether oxygens (including phenoxy) is 2. The molecule has 0 unspecified atom stereocenters. The topological polar surface area (TPSA) is 76.1 Å². The summed E-state index contributed by atoms with van der Waals surface area (Å²) in [4.78, 5) is 25.3. The Hall–Kier alpha value is -1.79. The van der Waals surface area contributed by atoms with E-state index < -0.39 is 17.9 Å². The van der Waals surface area contributed by atoms with Gasteiger partial charge in [0.25, 0.3) is 0 Å². The van der Waals surface area contributed by atoms with Crippen LogP contribution >= 0.6 is 11.6 Å². The molecule has 1 saturated heterocycles. The van der Waals surface area contributed by atoms with Crippen molar-refractivity contribution in [3.05, 3.63) is 28.8 Å². The van der Waals surface area contributed by atoms with Crippen molar-refractivity contribution >= 4 is 23.5 Å². The van der Waals surface area contributed by atoms with E-state index >= 15 is 0 Å². The first-order valence-corrected chi connectivity index (χ1v) is 7.46. The van der Waals surface area contributed by atoms with E-state index in [9.17, 15) is 14.7 Å². The first-order valence-electron chi connectivity index (χ1n) is 7.08. The molecule has 1 amide bonds. The molecule has 0 aliphatic carbocycles. The number of aliphatic carboxylic acids is 1. The summed E-state index contributed by atoms with van der Waals surface area (Å²) < 4.78 is 10.8. The van der Waals surface area contributed by atoms with Gasteiger partial charge in [0.1, 0.15) is 12.4 Å². The molecule has 0 bridgehead atoms. The highest BCUT2D eigenvalue weighted by Gasteiger charge is 2.37. The number of fused-ring (bicyclic) bond motifs is 1. The first kappa shape index (κ1) is 15.1. The Morgan fingerprint density at radius 3 is 2.91 bits per heavy atom. The van der Waals surface area contributed by atoms with Crippen molar-refractivity contribution in [2.45, 2.75) is 12.5 Å². The zero-order valence-corrected chi connectivity index (χ0v) is 12.6. The van der Waals surface area contributed by atoms with Gasteiger partial charge in [0.05, 0.1) is 19.1 Å². The number of hydrogen-bond acceptors (Lipinski definition) is 4. The summed E-state index contributed by atoms with van der Waals surface area (Å²) >= 11 is 5.97. The molecular formula is C15H16ClNO5. The number of carboxylic acid groups (broad SMARTS) is 1. The summed E-state index contributed by atoms with van der Waals surface area (Å²) in [7, 11) is 0. The number of nitrogens with zero attached hydrogens (tertiary/aromatic N) is 1. The Balaban J connectivity index is 1.76. The van der Waals surface area contributed by atoms with E-state index in [4.69, 9.17) is 21.1 Å². The minimum absolute atomic E-state index is 0.0249. The van der Waals surface area contributed by atoms with Crippen LogP contribution in [-0.2, 0) is 20.7 Å². The van der Waals surface area contributed by atoms with Gasteiger partial charge in [0, 0.05) is 11.6 Å². The van der Waals surface area contributed by atoms with Crippen LogP contribution in [0.1, 0.15) is 5.56 Å². The molecule has 0 aromatic heterocycles. The molecule has 2 heterocycles. The van der Waals surface area contributed by atoms with E-state index in [1.54, 1.807) is 18.2 Å². The lowest BCUT2D eigenvalue weighted by Gasteiger charge is -2.36. The second-order valence-corrected chi connectivity index (χ2v) is 5.86. The summed E-state index contributed by atoms with van der Waals surface area (Å²) in [5.41, 5.74) is 0.872. The number of carboxylic acids is 1. The normalized spacial score (nSPS) is 24.3. The van der Waals surface area contributed by atoms with Crippen molar-refractivity contribution in [2.24, 2.45) is 5.92 Å². The van der Waals surface area contributed by atoms with Gasteiger partial charge in [-0.15, -0.1) is 0 Å². The zero-order chi connectivity index (χ0) is 15.7. The maximum absolute atomic E-state index is 12.7. The second kappa shape index (κ2) is 6.14. The van der Waals surface area contributed by atoms with Crippen molar-refractivity contribution < 1.29 is 24.2 Å². The highest BCUT2D eigenvalue weighted by Crippen LogP contribution is 2.31. The van der Waals surface area contributed by atoms with E-state index in [2.05, 4.69) is 0 Å². The quantitative estimate of drug-likeness (QED) is 0.884. The Kier molecular flexibility index (Phi) is 4.22. The third kappa shape index (κ3) is 2.89. The van der Waals surface area contributed by atoms with E-state index in [1.165, 1.54) is 4.90 Å². The second-order valence-electron chi connectivity index (χ2n) is 5.42. The fourth-order valence-corrected chi connectivity index (χ4v) is 3.02. The van der Waals surface area contributed by atoms with Gasteiger partial charge < -0.3 is 19.5 Å². The maximum Gasteiger partial charge on any atom is 0.328 e. The van der Waals surface area contributed by atoms with E-state index in [1.807, 2.05) is 0 Å². The molecule has 2 aliphatic rings. The summed E-state index contributed by atoms with van der Waals surface area (Å²) in [6.45, 7) is 0.911. The van der Waals surface area contributed by atoms with E-state index in [0.717, 1.165) is 11.3 Å². The minimum Gasteiger partial charge on any atom is -0.492 e. The smallest absolute Gasteiger partial charge is 0.328 e. The zero-order valence-electron chi connectivity index (χ0n) is 11.8. The highest BCUT2D eigenvalue weighted by molar-refractivity contribution is 6.30. The first-order chi connectivity index (χ1) is 10.6. The standard InChI is InChI=1S/C15H16ClNO5/c16-11-1-2-13-9(6-11)5-10(7-22-13)14(18)17-3-4-21-8-12(17)15(19)20/h1-2,6,10,12H,3-5,7-8H2,(H,19,20)/t10-,12+/m0/s1. The monoisotopic (exact) mass is 325 g/mol. The Labute approximate surface area is 132 Å². The van der Waals surface area contributed by atoms with Gasteiger partial charge in [0.2, 0.25) is 5.91 Å². The predicted molar refractivity (Wildman–Crippen MR) is 78.1 cm³/mol. The van der Waals surface area contributed by atoms with Gasteiger partial charge in [-0.2, -0.15) is 0 Å². The molecule has 3 rings (SSSR count). The van der Waals surface area contributed by atoms with Gasteiger partial charge in [-0.1, -0.05) is 11.6 Å². The van der Waals surface area contributed by atoms with Crippen molar-refractivity contribution in [1.82, 2.24) is 4.90 Å². The van der Waals surface area contributed by atoms with Crippen molar-refractivity contribution in [3.8, 4) is 5.75 Å². The number of benzene rings is 1. The molecule has 118 valence electrons. The summed E-state index contributed by atoms with van der Waals surface area (Å²) in [6.07, 6.45) is 0.498. The summed E-state index contributed by atoms with van der Waals surface area (Å²) in [6, 6.07) is 4.38. The summed E-state index contributed by atoms with van der Waals surface area (Å²) in [5.74, 6) is -0.925. The van der Waals surface area contributed by atoms with Gasteiger partial charge in [-0.3, -0.25) is 4.79 Å². The van der Waals surface area contributed by atoms with Crippen LogP contribution in [-0.4, -0.2) is 54.3 Å². The lowest BCUT2D eigenvalue weighted by Crippen LogP contribution is -2.55. The molecule has 1 aromatic rings. The van der Waals surface area contributed by atoms with Crippen LogP contribution in [0.15, 0.2) is 18.2 Å². The third-order valence-corrected chi connectivity index (χ3v) is 4.21. The number of morpholine rings is 1. The van der Waals surface area contributed by atoms with Gasteiger partial charge in [0.15, 0.2) is 6.04 Å². The molecule has 1 N–H and O–H groups in total. The number of carbonyl (C=O) groups is 2. The molecule has 2 atom stereocenters. The highest BCUT2D eigenvalue weighted by atomic mass is 35.5. The SMILES string of the molecule is O=C(O)[C@H]1COCCN1C(=O)[C@@H]1COc2ccc(Cl)cc2C1. The van der Waals surface area contributed by atoms with Crippen molar-refractivity contribution in [1.29, 1.82) is 0 Å².